The highest BCUT2D eigenvalue weighted by molar-refractivity contribution is 5.76. The fourth-order valence-electron chi connectivity index (χ4n) is 3.28. The largest absolute Gasteiger partial charge is 0.343 e. The van der Waals surface area contributed by atoms with Gasteiger partial charge in [0.05, 0.1) is 0 Å². The first-order chi connectivity index (χ1) is 7.08. The van der Waals surface area contributed by atoms with Crippen molar-refractivity contribution in [2.45, 2.75) is 52.0 Å². The van der Waals surface area contributed by atoms with E-state index in [4.69, 9.17) is 0 Å². The third-order valence-corrected chi connectivity index (χ3v) is 4.49. The van der Waals surface area contributed by atoms with Gasteiger partial charge >= 0.3 is 0 Å². The van der Waals surface area contributed by atoms with Crippen molar-refractivity contribution in [2.24, 2.45) is 17.8 Å². The van der Waals surface area contributed by atoms with E-state index in [1.54, 1.807) is 0 Å². The summed E-state index contributed by atoms with van der Waals surface area (Å²) in [5.74, 6) is 2.89. The number of fused-ring (bicyclic) bond motifs is 2. The van der Waals surface area contributed by atoms with Gasteiger partial charge in [-0.15, -0.1) is 0 Å². The van der Waals surface area contributed by atoms with Crippen LogP contribution in [0.5, 0.6) is 0 Å². The van der Waals surface area contributed by atoms with Gasteiger partial charge in [-0.05, 0) is 50.9 Å². The zero-order valence-electron chi connectivity index (χ0n) is 10.2. The standard InChI is InChI=1S/C13H23NO/c1-9(2)14(3)13(15)8-12-7-10-4-5-11(12)6-10/h9-12H,4-8H2,1-3H3. The fourth-order valence-corrected chi connectivity index (χ4v) is 3.28. The van der Waals surface area contributed by atoms with Crippen molar-refractivity contribution in [2.75, 3.05) is 7.05 Å². The fraction of sp³-hybridized carbons (Fsp3) is 0.923. The summed E-state index contributed by atoms with van der Waals surface area (Å²) in [5.41, 5.74) is 0. The van der Waals surface area contributed by atoms with Crippen molar-refractivity contribution >= 4 is 5.91 Å². The summed E-state index contributed by atoms with van der Waals surface area (Å²) in [4.78, 5) is 13.8. The van der Waals surface area contributed by atoms with Gasteiger partial charge in [-0.2, -0.15) is 0 Å². The molecule has 15 heavy (non-hydrogen) atoms. The molecule has 0 heterocycles. The maximum atomic E-state index is 11.9. The number of hydrogen-bond donors (Lipinski definition) is 0. The molecular formula is C13H23NO. The zero-order chi connectivity index (χ0) is 11.0. The molecule has 2 aliphatic carbocycles. The van der Waals surface area contributed by atoms with E-state index in [1.165, 1.54) is 25.7 Å². The molecule has 0 aromatic heterocycles. The van der Waals surface area contributed by atoms with E-state index in [-0.39, 0.29) is 0 Å². The normalized spacial score (nSPS) is 33.7. The lowest BCUT2D eigenvalue weighted by atomic mass is 9.86. The first-order valence-electron chi connectivity index (χ1n) is 6.33. The molecule has 2 saturated carbocycles. The Bertz CT molecular complexity index is 249. The minimum absolute atomic E-state index is 0.344. The van der Waals surface area contributed by atoms with Crippen molar-refractivity contribution in [1.82, 2.24) is 4.90 Å². The molecule has 2 heteroatoms. The molecule has 1 amide bonds. The minimum atomic E-state index is 0.344. The average molecular weight is 209 g/mol. The van der Waals surface area contributed by atoms with Crippen molar-refractivity contribution in [1.29, 1.82) is 0 Å². The van der Waals surface area contributed by atoms with Gasteiger partial charge in [-0.1, -0.05) is 6.42 Å². The molecule has 2 aliphatic rings. The minimum Gasteiger partial charge on any atom is -0.343 e. The SMILES string of the molecule is CC(C)N(C)C(=O)CC1CC2CCC1C2. The molecule has 0 aliphatic heterocycles. The quantitative estimate of drug-likeness (QED) is 0.700. The topological polar surface area (TPSA) is 20.3 Å². The Morgan fingerprint density at radius 2 is 2.07 bits per heavy atom. The van der Waals surface area contributed by atoms with Gasteiger partial charge in [-0.3, -0.25) is 4.79 Å². The second-order valence-corrected chi connectivity index (χ2v) is 5.74. The smallest absolute Gasteiger partial charge is 0.222 e. The van der Waals surface area contributed by atoms with Crippen LogP contribution in [0, 0.1) is 17.8 Å². The first-order valence-corrected chi connectivity index (χ1v) is 6.33. The van der Waals surface area contributed by atoms with Crippen molar-refractivity contribution in [3.63, 3.8) is 0 Å². The van der Waals surface area contributed by atoms with Crippen molar-refractivity contribution in [3.05, 3.63) is 0 Å². The first kappa shape index (κ1) is 11.0. The number of amides is 1. The third-order valence-electron chi connectivity index (χ3n) is 4.49. The van der Waals surface area contributed by atoms with E-state index in [0.29, 0.717) is 17.9 Å². The molecule has 86 valence electrons. The van der Waals surface area contributed by atoms with Crippen LogP contribution in [0.3, 0.4) is 0 Å². The highest BCUT2D eigenvalue weighted by Crippen LogP contribution is 2.49. The van der Waals surface area contributed by atoms with Crippen LogP contribution in [-0.2, 0) is 4.79 Å². The molecule has 0 saturated heterocycles. The van der Waals surface area contributed by atoms with E-state index in [1.807, 2.05) is 11.9 Å². The van der Waals surface area contributed by atoms with E-state index < -0.39 is 0 Å². The number of carbonyl (C=O) groups is 1. The third kappa shape index (κ3) is 2.19. The van der Waals surface area contributed by atoms with Gasteiger partial charge in [0.2, 0.25) is 5.91 Å². The zero-order valence-corrected chi connectivity index (χ0v) is 10.2. The average Bonchev–Trinajstić information content (AvgIpc) is 2.77. The van der Waals surface area contributed by atoms with E-state index in [0.717, 1.165) is 18.3 Å². The molecule has 3 atom stereocenters. The molecule has 0 spiro atoms. The maximum absolute atomic E-state index is 11.9. The number of carbonyl (C=O) groups excluding carboxylic acids is 1. The second kappa shape index (κ2) is 4.15. The molecule has 2 rings (SSSR count). The highest BCUT2D eigenvalue weighted by atomic mass is 16.2. The summed E-state index contributed by atoms with van der Waals surface area (Å²) >= 11 is 0. The van der Waals surface area contributed by atoms with Gasteiger partial charge in [0.1, 0.15) is 0 Å². The summed E-state index contributed by atoms with van der Waals surface area (Å²) in [6.45, 7) is 4.16. The molecule has 3 unspecified atom stereocenters. The van der Waals surface area contributed by atoms with Gasteiger partial charge < -0.3 is 4.90 Å². The van der Waals surface area contributed by atoms with Crippen molar-refractivity contribution in [3.8, 4) is 0 Å². The molecular weight excluding hydrogens is 186 g/mol. The lowest BCUT2D eigenvalue weighted by Gasteiger charge is -2.26. The van der Waals surface area contributed by atoms with Crippen LogP contribution in [0.25, 0.3) is 0 Å². The summed E-state index contributed by atoms with van der Waals surface area (Å²) in [6, 6.07) is 0.344. The maximum Gasteiger partial charge on any atom is 0.222 e. The van der Waals surface area contributed by atoms with Gasteiger partial charge in [0.15, 0.2) is 0 Å². The number of hydrogen-bond acceptors (Lipinski definition) is 1. The summed E-state index contributed by atoms with van der Waals surface area (Å²) in [5, 5.41) is 0. The molecule has 0 N–H and O–H groups in total. The van der Waals surface area contributed by atoms with E-state index in [2.05, 4.69) is 13.8 Å². The lowest BCUT2D eigenvalue weighted by molar-refractivity contribution is -0.132. The van der Waals surface area contributed by atoms with Crippen LogP contribution in [0.4, 0.5) is 0 Å². The Balaban J connectivity index is 1.85. The Kier molecular flexibility index (Phi) is 3.03. The monoisotopic (exact) mass is 209 g/mol. The van der Waals surface area contributed by atoms with Gasteiger partial charge in [0.25, 0.3) is 0 Å². The predicted molar refractivity (Wildman–Crippen MR) is 61.5 cm³/mol. The number of rotatable bonds is 3. The van der Waals surface area contributed by atoms with Gasteiger partial charge in [0, 0.05) is 19.5 Å². The van der Waals surface area contributed by atoms with Crippen molar-refractivity contribution < 1.29 is 4.79 Å². The van der Waals surface area contributed by atoms with Crippen LogP contribution in [0.15, 0.2) is 0 Å². The highest BCUT2D eigenvalue weighted by Gasteiger charge is 2.40. The Labute approximate surface area is 93.0 Å². The van der Waals surface area contributed by atoms with Crippen LogP contribution < -0.4 is 0 Å². The predicted octanol–water partition coefficient (Wildman–Crippen LogP) is 2.68. The van der Waals surface area contributed by atoms with Crippen LogP contribution >= 0.6 is 0 Å². The second-order valence-electron chi connectivity index (χ2n) is 5.74. The van der Waals surface area contributed by atoms with Gasteiger partial charge in [-0.25, -0.2) is 0 Å². The molecule has 2 fully saturated rings. The van der Waals surface area contributed by atoms with E-state index >= 15 is 0 Å². The Hall–Kier alpha value is -0.530. The Morgan fingerprint density at radius 3 is 2.53 bits per heavy atom. The van der Waals surface area contributed by atoms with Crippen LogP contribution in [-0.4, -0.2) is 23.9 Å². The Morgan fingerprint density at radius 1 is 1.33 bits per heavy atom. The van der Waals surface area contributed by atoms with Crippen LogP contribution in [0.2, 0.25) is 0 Å². The summed E-state index contributed by atoms with van der Waals surface area (Å²) < 4.78 is 0. The lowest BCUT2D eigenvalue weighted by Crippen LogP contribution is -2.34. The molecule has 0 aromatic rings. The molecule has 2 bridgehead atoms. The molecule has 0 aromatic carbocycles. The summed E-state index contributed by atoms with van der Waals surface area (Å²) in [7, 11) is 1.93. The number of nitrogens with zero attached hydrogens (tertiary/aromatic N) is 1. The summed E-state index contributed by atoms with van der Waals surface area (Å²) in [6.07, 6.45) is 6.34. The molecule has 0 radical (unpaired) electrons. The molecule has 2 nitrogen and oxygen atoms in total. The van der Waals surface area contributed by atoms with Crippen LogP contribution in [0.1, 0.15) is 46.0 Å². The van der Waals surface area contributed by atoms with E-state index in [9.17, 15) is 4.79 Å².